The van der Waals surface area contributed by atoms with Crippen LogP contribution in [0.25, 0.3) is 6.08 Å². The van der Waals surface area contributed by atoms with Gasteiger partial charge in [0.15, 0.2) is 11.5 Å². The summed E-state index contributed by atoms with van der Waals surface area (Å²) in [5.74, 6) is -0.407. The van der Waals surface area contributed by atoms with E-state index in [1.807, 2.05) is 0 Å². The molecule has 3 rings (SSSR count). The van der Waals surface area contributed by atoms with Crippen molar-refractivity contribution in [3.63, 3.8) is 0 Å². The van der Waals surface area contributed by atoms with E-state index in [-0.39, 0.29) is 36.0 Å². The zero-order chi connectivity index (χ0) is 21.5. The van der Waals surface area contributed by atoms with Crippen LogP contribution < -0.4 is 20.1 Å². The topological polar surface area (TPSA) is 76.7 Å². The third-order valence-corrected chi connectivity index (χ3v) is 4.24. The zero-order valence-corrected chi connectivity index (χ0v) is 16.4. The minimum absolute atomic E-state index is 0.0701. The maximum Gasteiger partial charge on any atom is 0.387 e. The second kappa shape index (κ2) is 9.87. The van der Waals surface area contributed by atoms with Gasteiger partial charge in [-0.1, -0.05) is 6.07 Å². The van der Waals surface area contributed by atoms with Crippen LogP contribution in [0.1, 0.15) is 35.7 Å². The zero-order valence-electron chi connectivity index (χ0n) is 16.4. The summed E-state index contributed by atoms with van der Waals surface area (Å²) in [6.07, 6.45) is 4.87. The Bertz CT molecular complexity index is 925. The van der Waals surface area contributed by atoms with Crippen molar-refractivity contribution >= 4 is 23.6 Å². The highest BCUT2D eigenvalue weighted by atomic mass is 19.3. The fourth-order valence-electron chi connectivity index (χ4n) is 2.65. The van der Waals surface area contributed by atoms with Gasteiger partial charge in [-0.2, -0.15) is 8.78 Å². The molecule has 8 heteroatoms. The van der Waals surface area contributed by atoms with Crippen molar-refractivity contribution in [3.8, 4) is 11.5 Å². The molecule has 0 radical (unpaired) electrons. The monoisotopic (exact) mass is 416 g/mol. The number of carbonyl (C=O) groups is 2. The van der Waals surface area contributed by atoms with Gasteiger partial charge in [-0.05, 0) is 67.8 Å². The summed E-state index contributed by atoms with van der Waals surface area (Å²) in [7, 11) is 0. The molecule has 1 saturated carbocycles. The Morgan fingerprint density at radius 2 is 1.87 bits per heavy atom. The van der Waals surface area contributed by atoms with Gasteiger partial charge >= 0.3 is 6.61 Å². The van der Waals surface area contributed by atoms with Crippen molar-refractivity contribution in [2.45, 2.75) is 32.4 Å². The predicted molar refractivity (Wildman–Crippen MR) is 109 cm³/mol. The van der Waals surface area contributed by atoms with Gasteiger partial charge in [0.2, 0.25) is 5.91 Å². The number of amides is 2. The van der Waals surface area contributed by atoms with E-state index in [4.69, 9.17) is 4.74 Å². The van der Waals surface area contributed by atoms with Crippen LogP contribution in [0.3, 0.4) is 0 Å². The molecule has 1 aliphatic carbocycles. The molecule has 1 aliphatic rings. The molecule has 30 heavy (non-hydrogen) atoms. The largest absolute Gasteiger partial charge is 0.490 e. The third-order valence-electron chi connectivity index (χ3n) is 4.24. The molecular formula is C22H22F2N2O4. The number of alkyl halides is 2. The molecular weight excluding hydrogens is 394 g/mol. The van der Waals surface area contributed by atoms with Crippen molar-refractivity contribution in [1.82, 2.24) is 5.32 Å². The number of nitrogens with one attached hydrogen (secondary N) is 2. The summed E-state index contributed by atoms with van der Waals surface area (Å²) >= 11 is 0. The molecule has 0 spiro atoms. The Labute approximate surface area is 172 Å². The molecule has 1 fully saturated rings. The van der Waals surface area contributed by atoms with Gasteiger partial charge in [-0.3, -0.25) is 9.59 Å². The molecule has 0 bridgehead atoms. The number of hydrogen-bond donors (Lipinski definition) is 2. The summed E-state index contributed by atoms with van der Waals surface area (Å²) in [6, 6.07) is 11.3. The Morgan fingerprint density at radius 3 is 2.50 bits per heavy atom. The van der Waals surface area contributed by atoms with E-state index in [9.17, 15) is 18.4 Å². The normalized spacial score (nSPS) is 13.3. The van der Waals surface area contributed by atoms with Crippen molar-refractivity contribution in [2.24, 2.45) is 0 Å². The molecule has 158 valence electrons. The fraction of sp³-hybridized carbons (Fsp3) is 0.273. The van der Waals surface area contributed by atoms with E-state index >= 15 is 0 Å². The van der Waals surface area contributed by atoms with Crippen LogP contribution in [0.4, 0.5) is 14.5 Å². The molecule has 0 saturated heterocycles. The summed E-state index contributed by atoms with van der Waals surface area (Å²) in [6.45, 7) is -0.951. The quantitative estimate of drug-likeness (QED) is 0.600. The minimum Gasteiger partial charge on any atom is -0.490 e. The SMILES string of the molecule is CCOc1cc(/C=C/C(=O)Nc2ccc(C(=O)NC3CC3)cc2)ccc1OC(F)F. The van der Waals surface area contributed by atoms with Gasteiger partial charge in [0.25, 0.3) is 5.91 Å². The molecule has 2 aromatic rings. The first-order valence-corrected chi connectivity index (χ1v) is 9.56. The van der Waals surface area contributed by atoms with Crippen LogP contribution in [0.2, 0.25) is 0 Å². The fourth-order valence-corrected chi connectivity index (χ4v) is 2.65. The molecule has 2 amide bonds. The molecule has 2 aromatic carbocycles. The lowest BCUT2D eigenvalue weighted by Crippen LogP contribution is -2.25. The first kappa shape index (κ1) is 21.3. The second-order valence-electron chi connectivity index (χ2n) is 6.67. The van der Waals surface area contributed by atoms with Gasteiger partial charge in [0.1, 0.15) is 0 Å². The van der Waals surface area contributed by atoms with Crippen molar-refractivity contribution < 1.29 is 27.8 Å². The highest BCUT2D eigenvalue weighted by molar-refractivity contribution is 6.02. The molecule has 0 unspecified atom stereocenters. The van der Waals surface area contributed by atoms with Crippen molar-refractivity contribution in [2.75, 3.05) is 11.9 Å². The highest BCUT2D eigenvalue weighted by Gasteiger charge is 2.23. The second-order valence-corrected chi connectivity index (χ2v) is 6.67. The number of rotatable bonds is 9. The van der Waals surface area contributed by atoms with E-state index in [2.05, 4.69) is 15.4 Å². The Balaban J connectivity index is 1.59. The van der Waals surface area contributed by atoms with Gasteiger partial charge in [0, 0.05) is 23.4 Å². The van der Waals surface area contributed by atoms with E-state index < -0.39 is 6.61 Å². The number of hydrogen-bond acceptors (Lipinski definition) is 4. The van der Waals surface area contributed by atoms with Gasteiger partial charge < -0.3 is 20.1 Å². The molecule has 0 aliphatic heterocycles. The summed E-state index contributed by atoms with van der Waals surface area (Å²) in [5.41, 5.74) is 1.66. The van der Waals surface area contributed by atoms with Crippen molar-refractivity contribution in [1.29, 1.82) is 0 Å². The van der Waals surface area contributed by atoms with Gasteiger partial charge in [0.05, 0.1) is 6.61 Å². The summed E-state index contributed by atoms with van der Waals surface area (Å²) in [5, 5.41) is 5.59. The van der Waals surface area contributed by atoms with E-state index in [1.165, 1.54) is 30.4 Å². The van der Waals surface area contributed by atoms with E-state index in [1.54, 1.807) is 31.2 Å². The highest BCUT2D eigenvalue weighted by Crippen LogP contribution is 2.30. The third kappa shape index (κ3) is 6.30. The van der Waals surface area contributed by atoms with Crippen molar-refractivity contribution in [3.05, 3.63) is 59.7 Å². The van der Waals surface area contributed by atoms with E-state index in [0.29, 0.717) is 16.8 Å². The Kier molecular flexibility index (Phi) is 7.00. The lowest BCUT2D eigenvalue weighted by Gasteiger charge is -2.11. The molecule has 2 N–H and O–H groups in total. The molecule has 0 heterocycles. The lowest BCUT2D eigenvalue weighted by atomic mass is 10.1. The number of carbonyl (C=O) groups excluding carboxylic acids is 2. The van der Waals surface area contributed by atoms with Gasteiger partial charge in [-0.15, -0.1) is 0 Å². The smallest absolute Gasteiger partial charge is 0.387 e. The Morgan fingerprint density at radius 1 is 1.13 bits per heavy atom. The van der Waals surface area contributed by atoms with Crippen LogP contribution in [0.5, 0.6) is 11.5 Å². The standard InChI is InChI=1S/C22H22F2N2O4/c1-2-29-19-13-14(3-11-18(19)30-22(23)24)4-12-20(27)25-16-7-5-15(6-8-16)21(28)26-17-9-10-17/h3-8,11-13,17,22H,2,9-10H2,1H3,(H,25,27)(H,26,28)/b12-4+. The number of anilines is 1. The molecule has 0 aromatic heterocycles. The number of halogens is 2. The maximum absolute atomic E-state index is 12.5. The summed E-state index contributed by atoms with van der Waals surface area (Å²) < 4.78 is 34.7. The van der Waals surface area contributed by atoms with Crippen LogP contribution >= 0.6 is 0 Å². The van der Waals surface area contributed by atoms with Crippen LogP contribution in [-0.2, 0) is 4.79 Å². The lowest BCUT2D eigenvalue weighted by molar-refractivity contribution is -0.111. The average molecular weight is 416 g/mol. The average Bonchev–Trinajstić information content (AvgIpc) is 3.52. The molecule has 0 atom stereocenters. The molecule has 6 nitrogen and oxygen atoms in total. The Hall–Kier alpha value is -3.42. The van der Waals surface area contributed by atoms with Crippen LogP contribution in [-0.4, -0.2) is 31.1 Å². The minimum atomic E-state index is -2.96. The number of ether oxygens (including phenoxy) is 2. The summed E-state index contributed by atoms with van der Waals surface area (Å²) in [4.78, 5) is 24.1. The predicted octanol–water partition coefficient (Wildman–Crippen LogP) is 4.23. The number of benzene rings is 2. The first-order chi connectivity index (χ1) is 14.4. The van der Waals surface area contributed by atoms with Crippen LogP contribution in [0, 0.1) is 0 Å². The maximum atomic E-state index is 12.5. The van der Waals surface area contributed by atoms with Gasteiger partial charge in [-0.25, -0.2) is 0 Å². The van der Waals surface area contributed by atoms with Crippen LogP contribution in [0.15, 0.2) is 48.5 Å². The van der Waals surface area contributed by atoms with E-state index in [0.717, 1.165) is 12.8 Å². The first-order valence-electron chi connectivity index (χ1n) is 9.56.